The van der Waals surface area contributed by atoms with E-state index in [1.165, 1.54) is 0 Å². The van der Waals surface area contributed by atoms with Gasteiger partial charge < -0.3 is 19.5 Å². The van der Waals surface area contributed by atoms with Crippen molar-refractivity contribution in [3.8, 4) is 0 Å². The molecule has 1 aliphatic rings. The van der Waals surface area contributed by atoms with E-state index in [0.29, 0.717) is 6.10 Å². The van der Waals surface area contributed by atoms with Crippen LogP contribution < -0.4 is 5.32 Å². The first-order valence-corrected chi connectivity index (χ1v) is 4.75. The molecule has 0 saturated carbocycles. The summed E-state index contributed by atoms with van der Waals surface area (Å²) < 4.78 is 15.6. The molecule has 0 spiro atoms. The second kappa shape index (κ2) is 6.32. The van der Waals surface area contributed by atoms with E-state index in [1.54, 1.807) is 7.11 Å². The zero-order chi connectivity index (χ0) is 9.52. The van der Waals surface area contributed by atoms with Crippen molar-refractivity contribution in [1.82, 2.24) is 5.32 Å². The van der Waals surface area contributed by atoms with Crippen LogP contribution in [0.2, 0.25) is 0 Å². The molecule has 1 N–H and O–H groups in total. The summed E-state index contributed by atoms with van der Waals surface area (Å²) in [6.07, 6.45) is 0.574. The Kier molecular flexibility index (Phi) is 5.31. The van der Waals surface area contributed by atoms with Gasteiger partial charge in [-0.3, -0.25) is 0 Å². The number of methoxy groups -OCH3 is 1. The van der Waals surface area contributed by atoms with Gasteiger partial charge >= 0.3 is 0 Å². The monoisotopic (exact) mass is 189 g/mol. The van der Waals surface area contributed by atoms with Crippen LogP contribution in [-0.4, -0.2) is 52.2 Å². The van der Waals surface area contributed by atoms with E-state index < -0.39 is 0 Å². The van der Waals surface area contributed by atoms with Gasteiger partial charge in [-0.2, -0.15) is 0 Å². The van der Waals surface area contributed by atoms with Gasteiger partial charge in [-0.25, -0.2) is 0 Å². The van der Waals surface area contributed by atoms with Crippen molar-refractivity contribution in [1.29, 1.82) is 0 Å². The third-order valence-corrected chi connectivity index (χ3v) is 1.95. The second-order valence-corrected chi connectivity index (χ2v) is 3.30. The van der Waals surface area contributed by atoms with E-state index in [1.807, 2.05) is 0 Å². The molecule has 13 heavy (non-hydrogen) atoms. The molecule has 1 heterocycles. The lowest BCUT2D eigenvalue weighted by atomic mass is 10.3. The van der Waals surface area contributed by atoms with Crippen LogP contribution in [0.5, 0.6) is 0 Å². The molecule has 1 rings (SSSR count). The zero-order valence-corrected chi connectivity index (χ0v) is 8.41. The van der Waals surface area contributed by atoms with E-state index in [4.69, 9.17) is 14.2 Å². The van der Waals surface area contributed by atoms with E-state index in [-0.39, 0.29) is 6.10 Å². The van der Waals surface area contributed by atoms with Crippen LogP contribution in [0.4, 0.5) is 0 Å². The normalized spacial score (nSPS) is 19.8. The molecule has 0 aromatic heterocycles. The van der Waals surface area contributed by atoms with Gasteiger partial charge in [-0.15, -0.1) is 0 Å². The minimum absolute atomic E-state index is 0.255. The van der Waals surface area contributed by atoms with Gasteiger partial charge in [-0.05, 0) is 6.92 Å². The Labute approximate surface area is 79.5 Å². The summed E-state index contributed by atoms with van der Waals surface area (Å²) in [5, 5.41) is 3.25. The minimum Gasteiger partial charge on any atom is -0.383 e. The number of nitrogens with one attached hydrogen (secondary N) is 1. The fraction of sp³-hybridized carbons (Fsp3) is 1.00. The number of hydrogen-bond acceptors (Lipinski definition) is 4. The first kappa shape index (κ1) is 10.9. The summed E-state index contributed by atoms with van der Waals surface area (Å²) in [5.41, 5.74) is 0. The van der Waals surface area contributed by atoms with E-state index in [2.05, 4.69) is 12.2 Å². The fourth-order valence-corrected chi connectivity index (χ4v) is 1.15. The Balaban J connectivity index is 1.87. The predicted octanol–water partition coefficient (Wildman–Crippen LogP) is 0.0263. The molecule has 1 aliphatic heterocycles. The molecule has 4 nitrogen and oxygen atoms in total. The lowest BCUT2D eigenvalue weighted by Gasteiger charge is -2.29. The maximum absolute atomic E-state index is 5.64. The fourth-order valence-electron chi connectivity index (χ4n) is 1.15. The van der Waals surface area contributed by atoms with Gasteiger partial charge in [0, 0.05) is 20.2 Å². The predicted molar refractivity (Wildman–Crippen MR) is 49.9 cm³/mol. The third-order valence-electron chi connectivity index (χ3n) is 1.95. The second-order valence-electron chi connectivity index (χ2n) is 3.30. The van der Waals surface area contributed by atoms with Crippen LogP contribution in [0, 0.1) is 0 Å². The van der Waals surface area contributed by atoms with E-state index >= 15 is 0 Å². The smallest absolute Gasteiger partial charge is 0.104 e. The molecule has 0 aromatic carbocycles. The standard InChI is InChI=1S/C9H19NO3/c1-8(5-10-3-4-11-2)13-9-6-12-7-9/h8-10H,3-7H2,1-2H3. The largest absolute Gasteiger partial charge is 0.383 e. The van der Waals surface area contributed by atoms with Crippen LogP contribution in [0.1, 0.15) is 6.92 Å². The van der Waals surface area contributed by atoms with Gasteiger partial charge in [0.05, 0.1) is 25.9 Å². The molecule has 0 aliphatic carbocycles. The van der Waals surface area contributed by atoms with Crippen molar-refractivity contribution in [3.63, 3.8) is 0 Å². The summed E-state index contributed by atoms with van der Waals surface area (Å²) in [6, 6.07) is 0. The van der Waals surface area contributed by atoms with E-state index in [0.717, 1.165) is 32.9 Å². The average molecular weight is 189 g/mol. The zero-order valence-electron chi connectivity index (χ0n) is 8.41. The Morgan fingerprint density at radius 2 is 2.31 bits per heavy atom. The van der Waals surface area contributed by atoms with Crippen molar-refractivity contribution in [2.24, 2.45) is 0 Å². The summed E-state index contributed by atoms with van der Waals surface area (Å²) in [7, 11) is 1.70. The van der Waals surface area contributed by atoms with Crippen molar-refractivity contribution in [2.45, 2.75) is 19.1 Å². The van der Waals surface area contributed by atoms with Crippen LogP contribution in [0.15, 0.2) is 0 Å². The molecule has 0 aromatic rings. The summed E-state index contributed by atoms with van der Waals surface area (Å²) in [6.45, 7) is 6.08. The highest BCUT2D eigenvalue weighted by Gasteiger charge is 2.20. The van der Waals surface area contributed by atoms with Crippen molar-refractivity contribution in [2.75, 3.05) is 40.0 Å². The summed E-state index contributed by atoms with van der Waals surface area (Å²) in [5.74, 6) is 0. The summed E-state index contributed by atoms with van der Waals surface area (Å²) >= 11 is 0. The molecular formula is C9H19NO3. The molecule has 1 fully saturated rings. The number of hydrogen-bond donors (Lipinski definition) is 1. The molecule has 0 bridgehead atoms. The highest BCUT2D eigenvalue weighted by Crippen LogP contribution is 2.07. The van der Waals surface area contributed by atoms with Crippen LogP contribution in [0.3, 0.4) is 0 Å². The molecule has 78 valence electrons. The average Bonchev–Trinajstić information content (AvgIpc) is 2.06. The Morgan fingerprint density at radius 1 is 1.54 bits per heavy atom. The van der Waals surface area contributed by atoms with Gasteiger partial charge in [-0.1, -0.05) is 0 Å². The van der Waals surface area contributed by atoms with Crippen molar-refractivity contribution in [3.05, 3.63) is 0 Å². The number of rotatable bonds is 7. The SMILES string of the molecule is COCCNCC(C)OC1COC1. The first-order chi connectivity index (χ1) is 6.33. The molecule has 1 saturated heterocycles. The van der Waals surface area contributed by atoms with Crippen LogP contribution >= 0.6 is 0 Å². The van der Waals surface area contributed by atoms with Crippen molar-refractivity contribution >= 4 is 0 Å². The number of ether oxygens (including phenoxy) is 3. The quantitative estimate of drug-likeness (QED) is 0.573. The third kappa shape index (κ3) is 4.57. The maximum atomic E-state index is 5.64. The Hall–Kier alpha value is -0.160. The lowest BCUT2D eigenvalue weighted by Crippen LogP contribution is -2.41. The topological polar surface area (TPSA) is 39.7 Å². The minimum atomic E-state index is 0.255. The van der Waals surface area contributed by atoms with E-state index in [9.17, 15) is 0 Å². The lowest BCUT2D eigenvalue weighted by molar-refractivity contribution is -0.149. The highest BCUT2D eigenvalue weighted by atomic mass is 16.6. The van der Waals surface area contributed by atoms with Crippen molar-refractivity contribution < 1.29 is 14.2 Å². The molecule has 0 amide bonds. The van der Waals surface area contributed by atoms with Gasteiger partial charge in [0.15, 0.2) is 0 Å². The van der Waals surface area contributed by atoms with Gasteiger partial charge in [0.2, 0.25) is 0 Å². The Bertz CT molecular complexity index is 128. The molecule has 0 radical (unpaired) electrons. The molecular weight excluding hydrogens is 170 g/mol. The molecule has 4 heteroatoms. The highest BCUT2D eigenvalue weighted by molar-refractivity contribution is 4.67. The van der Waals surface area contributed by atoms with Crippen LogP contribution in [0.25, 0.3) is 0 Å². The van der Waals surface area contributed by atoms with Crippen LogP contribution in [-0.2, 0) is 14.2 Å². The Morgan fingerprint density at radius 3 is 2.85 bits per heavy atom. The first-order valence-electron chi connectivity index (χ1n) is 4.75. The van der Waals surface area contributed by atoms with Gasteiger partial charge in [0.25, 0.3) is 0 Å². The van der Waals surface area contributed by atoms with Gasteiger partial charge in [0.1, 0.15) is 6.10 Å². The maximum Gasteiger partial charge on any atom is 0.104 e. The molecule has 1 unspecified atom stereocenters. The molecule has 1 atom stereocenters. The summed E-state index contributed by atoms with van der Waals surface area (Å²) in [4.78, 5) is 0.